The molecule has 2 heterocycles. The van der Waals surface area contributed by atoms with Gasteiger partial charge in [-0.3, -0.25) is 9.78 Å². The lowest BCUT2D eigenvalue weighted by Gasteiger charge is -2.34. The zero-order chi connectivity index (χ0) is 21.7. The van der Waals surface area contributed by atoms with Crippen molar-refractivity contribution in [2.75, 3.05) is 0 Å². The summed E-state index contributed by atoms with van der Waals surface area (Å²) in [4.78, 5) is 17.7. The maximum Gasteiger partial charge on any atom is 0.457 e. The van der Waals surface area contributed by atoms with Gasteiger partial charge in [0, 0.05) is 17.9 Å². The van der Waals surface area contributed by atoms with Crippen molar-refractivity contribution in [2.45, 2.75) is 103 Å². The maximum atomic E-state index is 13.4. The molecule has 6 heteroatoms. The van der Waals surface area contributed by atoms with Gasteiger partial charge in [0.15, 0.2) is 0 Å². The summed E-state index contributed by atoms with van der Waals surface area (Å²) < 4.78 is 12.3. The highest BCUT2D eigenvalue weighted by Crippen LogP contribution is 2.46. The second-order valence-electron chi connectivity index (χ2n) is 11.0. The zero-order valence-electron chi connectivity index (χ0n) is 19.4. The number of fused-ring (bicyclic) bond motifs is 1. The highest BCUT2D eigenvalue weighted by atomic mass is 16.7. The number of hydrogen-bond donors (Lipinski definition) is 1. The van der Waals surface area contributed by atoms with Crippen molar-refractivity contribution < 1.29 is 14.1 Å². The normalized spacial score (nSPS) is 27.7. The average Bonchev–Trinajstić information content (AvgIpc) is 2.97. The number of hydrogen-bond acceptors (Lipinski definition) is 4. The molecular formula is C23H37BN2O3. The molecule has 1 aromatic heterocycles. The van der Waals surface area contributed by atoms with Gasteiger partial charge in [0.05, 0.1) is 16.6 Å². The Hall–Kier alpha value is -1.40. The molecule has 1 aliphatic carbocycles. The van der Waals surface area contributed by atoms with Gasteiger partial charge in [0.1, 0.15) is 0 Å². The van der Waals surface area contributed by atoms with Gasteiger partial charge in [-0.25, -0.2) is 0 Å². The Balaban J connectivity index is 1.71. The Morgan fingerprint density at radius 2 is 1.83 bits per heavy atom. The first-order valence-electron chi connectivity index (χ1n) is 10.9. The molecule has 3 rings (SSSR count). The summed E-state index contributed by atoms with van der Waals surface area (Å²) in [5, 5.41) is 3.21. The monoisotopic (exact) mass is 400 g/mol. The summed E-state index contributed by atoms with van der Waals surface area (Å²) in [6.07, 6.45) is 7.37. The second-order valence-corrected chi connectivity index (χ2v) is 11.0. The minimum absolute atomic E-state index is 0.0948. The topological polar surface area (TPSA) is 60.5 Å². The third-order valence-electron chi connectivity index (χ3n) is 7.01. The molecule has 1 aliphatic heterocycles. The summed E-state index contributed by atoms with van der Waals surface area (Å²) >= 11 is 0. The van der Waals surface area contributed by atoms with Crippen molar-refractivity contribution in [1.82, 2.24) is 10.3 Å². The van der Waals surface area contributed by atoms with Crippen LogP contribution >= 0.6 is 0 Å². The molecule has 2 aliphatic rings. The smallest absolute Gasteiger partial charge is 0.403 e. The van der Waals surface area contributed by atoms with E-state index in [0.717, 1.165) is 31.1 Å². The number of aromatic nitrogens is 1. The molecule has 1 fully saturated rings. The van der Waals surface area contributed by atoms with Crippen LogP contribution in [0, 0.1) is 5.92 Å². The quantitative estimate of drug-likeness (QED) is 0.749. The van der Waals surface area contributed by atoms with E-state index in [2.05, 4.69) is 51.0 Å². The van der Waals surface area contributed by atoms with Crippen molar-refractivity contribution in [2.24, 2.45) is 5.92 Å². The van der Waals surface area contributed by atoms with Crippen molar-refractivity contribution >= 4 is 13.0 Å². The van der Waals surface area contributed by atoms with Gasteiger partial charge < -0.3 is 14.6 Å². The van der Waals surface area contributed by atoms with Crippen LogP contribution in [0.15, 0.2) is 18.5 Å². The van der Waals surface area contributed by atoms with E-state index in [-0.39, 0.29) is 35.7 Å². The first-order chi connectivity index (χ1) is 13.3. The molecular weight excluding hydrogens is 363 g/mol. The minimum Gasteiger partial charge on any atom is -0.403 e. The minimum atomic E-state index is -0.563. The molecule has 0 radical (unpaired) electrons. The van der Waals surface area contributed by atoms with Crippen LogP contribution in [0.25, 0.3) is 0 Å². The van der Waals surface area contributed by atoms with E-state index in [9.17, 15) is 4.79 Å². The van der Waals surface area contributed by atoms with E-state index in [4.69, 9.17) is 9.31 Å². The largest absolute Gasteiger partial charge is 0.457 e. The molecule has 1 amide bonds. The number of carbonyl (C=O) groups is 1. The number of nitrogens with zero attached hydrogens (tertiary/aromatic N) is 1. The molecule has 1 aromatic rings. The molecule has 0 saturated carbocycles. The fourth-order valence-corrected chi connectivity index (χ4v) is 4.54. The lowest BCUT2D eigenvalue weighted by Crippen LogP contribution is -2.52. The summed E-state index contributed by atoms with van der Waals surface area (Å²) in [6, 6.07) is 2.06. The van der Waals surface area contributed by atoms with E-state index >= 15 is 0 Å². The summed E-state index contributed by atoms with van der Waals surface area (Å²) in [5.74, 6) is 0.337. The van der Waals surface area contributed by atoms with Crippen LogP contribution in [0.2, 0.25) is 6.32 Å². The molecule has 0 spiro atoms. The first kappa shape index (κ1) is 22.3. The lowest BCUT2D eigenvalue weighted by molar-refractivity contribution is -0.129. The number of rotatable bonds is 5. The SMILES string of the molecule is CC(C)(C)NC(=O)C1(C)c2cnccc2CC1CCCB1OC(C)(C)C(C)(C)O1. The van der Waals surface area contributed by atoms with Gasteiger partial charge in [0.25, 0.3) is 0 Å². The number of nitrogens with one attached hydrogen (secondary N) is 1. The van der Waals surface area contributed by atoms with Gasteiger partial charge in [-0.2, -0.15) is 0 Å². The molecule has 29 heavy (non-hydrogen) atoms. The third kappa shape index (κ3) is 4.24. The first-order valence-corrected chi connectivity index (χ1v) is 10.9. The number of carbonyl (C=O) groups excluding carboxylic acids is 1. The van der Waals surface area contributed by atoms with Gasteiger partial charge >= 0.3 is 7.12 Å². The fraction of sp³-hybridized carbons (Fsp3) is 0.739. The zero-order valence-corrected chi connectivity index (χ0v) is 19.4. The Morgan fingerprint density at radius 1 is 1.21 bits per heavy atom. The van der Waals surface area contributed by atoms with Crippen LogP contribution in [0.3, 0.4) is 0 Å². The van der Waals surface area contributed by atoms with Crippen molar-refractivity contribution in [3.8, 4) is 0 Å². The lowest BCUT2D eigenvalue weighted by atomic mass is 9.71. The van der Waals surface area contributed by atoms with Crippen molar-refractivity contribution in [1.29, 1.82) is 0 Å². The van der Waals surface area contributed by atoms with E-state index in [1.54, 1.807) is 0 Å². The van der Waals surface area contributed by atoms with Crippen LogP contribution in [0.1, 0.15) is 79.4 Å². The summed E-state index contributed by atoms with van der Waals surface area (Å²) in [6.45, 7) is 16.5. The summed E-state index contributed by atoms with van der Waals surface area (Å²) in [7, 11) is -0.180. The number of amides is 1. The summed E-state index contributed by atoms with van der Waals surface area (Å²) in [5.41, 5.74) is 0.891. The van der Waals surface area contributed by atoms with Gasteiger partial charge in [0.2, 0.25) is 5.91 Å². The Bertz CT molecular complexity index is 756. The third-order valence-corrected chi connectivity index (χ3v) is 7.01. The molecule has 0 aromatic carbocycles. The molecule has 160 valence electrons. The van der Waals surface area contributed by atoms with E-state index in [0.29, 0.717) is 0 Å². The van der Waals surface area contributed by atoms with Crippen molar-refractivity contribution in [3.63, 3.8) is 0 Å². The van der Waals surface area contributed by atoms with E-state index in [1.165, 1.54) is 5.56 Å². The van der Waals surface area contributed by atoms with Crippen LogP contribution in [0.4, 0.5) is 0 Å². The number of pyridine rings is 1. The average molecular weight is 400 g/mol. The van der Waals surface area contributed by atoms with Crippen LogP contribution in [-0.4, -0.2) is 34.8 Å². The molecule has 5 nitrogen and oxygen atoms in total. The van der Waals surface area contributed by atoms with E-state index in [1.807, 2.05) is 33.2 Å². The molecule has 2 unspecified atom stereocenters. The standard InChI is InChI=1S/C23H37BN2O3/c1-20(2,3)26-19(27)23(8)17(14-16-11-13-25-15-18(16)23)10-9-12-24-28-21(4,5)22(6,7)29-24/h11,13,15,17H,9-10,12,14H2,1-8H3,(H,26,27). The molecule has 1 N–H and O–H groups in total. The predicted octanol–water partition coefficient (Wildman–Crippen LogP) is 4.30. The predicted molar refractivity (Wildman–Crippen MR) is 117 cm³/mol. The van der Waals surface area contributed by atoms with Crippen LogP contribution < -0.4 is 5.32 Å². The van der Waals surface area contributed by atoms with Crippen molar-refractivity contribution in [3.05, 3.63) is 29.6 Å². The second kappa shape index (κ2) is 7.38. The molecule has 1 saturated heterocycles. The van der Waals surface area contributed by atoms with Crippen LogP contribution in [0.5, 0.6) is 0 Å². The molecule has 0 bridgehead atoms. The maximum absolute atomic E-state index is 13.4. The van der Waals surface area contributed by atoms with Gasteiger partial charge in [-0.15, -0.1) is 0 Å². The Labute approximate surface area is 176 Å². The highest BCUT2D eigenvalue weighted by Gasteiger charge is 2.52. The Morgan fingerprint density at radius 3 is 2.41 bits per heavy atom. The highest BCUT2D eigenvalue weighted by molar-refractivity contribution is 6.45. The van der Waals surface area contributed by atoms with Gasteiger partial charge in [-0.1, -0.05) is 6.42 Å². The van der Waals surface area contributed by atoms with E-state index < -0.39 is 5.41 Å². The Kier molecular flexibility index (Phi) is 5.68. The van der Waals surface area contributed by atoms with Crippen LogP contribution in [-0.2, 0) is 25.9 Å². The molecule has 2 atom stereocenters. The van der Waals surface area contributed by atoms with Gasteiger partial charge in [-0.05, 0) is 97.7 Å². The fourth-order valence-electron chi connectivity index (χ4n) is 4.54.